The summed E-state index contributed by atoms with van der Waals surface area (Å²) in [6.07, 6.45) is 1.94. The molecule has 1 rings (SSSR count). The van der Waals surface area contributed by atoms with Crippen molar-refractivity contribution < 1.29 is 0 Å². The maximum absolute atomic E-state index is 8.08. The Hall–Kier alpha value is -0.990. The third-order valence-electron chi connectivity index (χ3n) is 1.72. The van der Waals surface area contributed by atoms with Crippen molar-refractivity contribution in [3.8, 4) is 0 Å². The van der Waals surface area contributed by atoms with Crippen molar-refractivity contribution in [3.63, 3.8) is 0 Å². The van der Waals surface area contributed by atoms with Crippen LogP contribution in [0, 0.1) is 0 Å². The standard InChI is InChI=1S/C8H11N3S/c1-2-7-4-6-12-8(7)3-5-10-11-9/h4,6H,2-3,5H2,1H3. The zero-order chi connectivity index (χ0) is 8.81. The molecular formula is C8H11N3S. The summed E-state index contributed by atoms with van der Waals surface area (Å²) in [5.41, 5.74) is 9.47. The lowest BCUT2D eigenvalue weighted by molar-refractivity contribution is 0.953. The first kappa shape index (κ1) is 9.10. The molecule has 3 nitrogen and oxygen atoms in total. The molecule has 0 saturated heterocycles. The number of azide groups is 1. The first-order valence-electron chi connectivity index (χ1n) is 3.94. The van der Waals surface area contributed by atoms with Crippen LogP contribution in [-0.2, 0) is 12.8 Å². The summed E-state index contributed by atoms with van der Waals surface area (Å²) in [6.45, 7) is 2.71. The Kier molecular flexibility index (Phi) is 3.64. The molecule has 0 atom stereocenters. The van der Waals surface area contributed by atoms with E-state index in [1.165, 1.54) is 10.4 Å². The predicted octanol–water partition coefficient (Wildman–Crippen LogP) is 3.16. The number of thiophene rings is 1. The minimum atomic E-state index is 0.573. The van der Waals surface area contributed by atoms with Crippen LogP contribution in [0.3, 0.4) is 0 Å². The van der Waals surface area contributed by atoms with Crippen molar-refractivity contribution >= 4 is 11.3 Å². The third kappa shape index (κ3) is 2.26. The fourth-order valence-electron chi connectivity index (χ4n) is 1.10. The van der Waals surface area contributed by atoms with Crippen molar-refractivity contribution in [2.75, 3.05) is 6.54 Å². The maximum atomic E-state index is 8.08. The Labute approximate surface area is 75.7 Å². The monoisotopic (exact) mass is 181 g/mol. The van der Waals surface area contributed by atoms with E-state index in [1.807, 2.05) is 0 Å². The van der Waals surface area contributed by atoms with Gasteiger partial charge in [0, 0.05) is 16.3 Å². The molecule has 0 aliphatic carbocycles. The maximum Gasteiger partial charge on any atom is 0.0306 e. The normalized spacial score (nSPS) is 9.42. The SMILES string of the molecule is CCc1ccsc1CCN=[N+]=[N-]. The van der Waals surface area contributed by atoms with Crippen molar-refractivity contribution in [1.82, 2.24) is 0 Å². The van der Waals surface area contributed by atoms with Crippen LogP contribution in [-0.4, -0.2) is 6.54 Å². The molecule has 64 valence electrons. The number of rotatable bonds is 4. The van der Waals surface area contributed by atoms with E-state index in [2.05, 4.69) is 28.4 Å². The number of nitrogens with zero attached hydrogens (tertiary/aromatic N) is 3. The van der Waals surface area contributed by atoms with Crippen LogP contribution in [0.5, 0.6) is 0 Å². The van der Waals surface area contributed by atoms with E-state index in [9.17, 15) is 0 Å². The van der Waals surface area contributed by atoms with Crippen LogP contribution < -0.4 is 0 Å². The molecule has 0 aliphatic heterocycles. The average Bonchev–Trinajstić information content (AvgIpc) is 2.52. The van der Waals surface area contributed by atoms with Crippen LogP contribution in [0.25, 0.3) is 10.4 Å². The molecule has 0 spiro atoms. The van der Waals surface area contributed by atoms with E-state index < -0.39 is 0 Å². The van der Waals surface area contributed by atoms with E-state index in [1.54, 1.807) is 11.3 Å². The molecule has 0 N–H and O–H groups in total. The molecule has 0 unspecified atom stereocenters. The molecule has 12 heavy (non-hydrogen) atoms. The lowest BCUT2D eigenvalue weighted by atomic mass is 10.2. The van der Waals surface area contributed by atoms with Crippen LogP contribution >= 0.6 is 11.3 Å². The van der Waals surface area contributed by atoms with Crippen molar-refractivity contribution in [1.29, 1.82) is 0 Å². The van der Waals surface area contributed by atoms with Gasteiger partial charge in [-0.05, 0) is 35.4 Å². The van der Waals surface area contributed by atoms with Gasteiger partial charge in [-0.1, -0.05) is 12.0 Å². The average molecular weight is 181 g/mol. The summed E-state index contributed by atoms with van der Waals surface area (Å²) in [5, 5.41) is 5.60. The summed E-state index contributed by atoms with van der Waals surface area (Å²) >= 11 is 1.74. The second-order valence-electron chi connectivity index (χ2n) is 2.43. The third-order valence-corrected chi connectivity index (χ3v) is 2.74. The van der Waals surface area contributed by atoms with Crippen LogP contribution in [0.2, 0.25) is 0 Å². The molecule has 0 bridgehead atoms. The van der Waals surface area contributed by atoms with Gasteiger partial charge in [0.2, 0.25) is 0 Å². The molecule has 0 fully saturated rings. The minimum Gasteiger partial charge on any atom is -0.149 e. The van der Waals surface area contributed by atoms with Gasteiger partial charge in [-0.15, -0.1) is 11.3 Å². The van der Waals surface area contributed by atoms with Gasteiger partial charge in [0.05, 0.1) is 0 Å². The van der Waals surface area contributed by atoms with E-state index in [-0.39, 0.29) is 0 Å². The molecule has 0 aliphatic rings. The van der Waals surface area contributed by atoms with Gasteiger partial charge in [-0.3, -0.25) is 0 Å². The molecule has 0 saturated carbocycles. The molecule has 0 aromatic carbocycles. The zero-order valence-corrected chi connectivity index (χ0v) is 7.84. The first-order valence-corrected chi connectivity index (χ1v) is 4.82. The topological polar surface area (TPSA) is 48.8 Å². The second kappa shape index (κ2) is 4.80. The number of hydrogen-bond acceptors (Lipinski definition) is 2. The number of aryl methyl sites for hydroxylation is 1. The summed E-state index contributed by atoms with van der Waals surface area (Å²) in [4.78, 5) is 4.07. The Balaban J connectivity index is 2.55. The van der Waals surface area contributed by atoms with Crippen molar-refractivity contribution in [2.45, 2.75) is 19.8 Å². The lowest BCUT2D eigenvalue weighted by Crippen LogP contribution is -1.88. The Bertz CT molecular complexity index is 286. The minimum absolute atomic E-state index is 0.573. The highest BCUT2D eigenvalue weighted by Crippen LogP contribution is 2.17. The van der Waals surface area contributed by atoms with E-state index >= 15 is 0 Å². The summed E-state index contributed by atoms with van der Waals surface area (Å²) in [7, 11) is 0. The second-order valence-corrected chi connectivity index (χ2v) is 3.43. The molecule has 1 aromatic rings. The zero-order valence-electron chi connectivity index (χ0n) is 7.03. The largest absolute Gasteiger partial charge is 0.149 e. The van der Waals surface area contributed by atoms with E-state index in [0.29, 0.717) is 6.54 Å². The highest BCUT2D eigenvalue weighted by Gasteiger charge is 2.00. The smallest absolute Gasteiger partial charge is 0.0306 e. The number of hydrogen-bond donors (Lipinski definition) is 0. The quantitative estimate of drug-likeness (QED) is 0.389. The Morgan fingerprint density at radius 3 is 3.17 bits per heavy atom. The van der Waals surface area contributed by atoms with Crippen molar-refractivity contribution in [2.24, 2.45) is 5.11 Å². The van der Waals surface area contributed by atoms with Gasteiger partial charge in [-0.25, -0.2) is 0 Å². The lowest BCUT2D eigenvalue weighted by Gasteiger charge is -1.96. The van der Waals surface area contributed by atoms with Gasteiger partial charge < -0.3 is 0 Å². The highest BCUT2D eigenvalue weighted by atomic mass is 32.1. The van der Waals surface area contributed by atoms with Crippen LogP contribution in [0.15, 0.2) is 16.6 Å². The molecule has 1 heterocycles. The van der Waals surface area contributed by atoms with E-state index in [4.69, 9.17) is 5.53 Å². The van der Waals surface area contributed by atoms with Gasteiger partial charge in [0.1, 0.15) is 0 Å². The van der Waals surface area contributed by atoms with Gasteiger partial charge >= 0.3 is 0 Å². The van der Waals surface area contributed by atoms with Gasteiger partial charge in [0.25, 0.3) is 0 Å². The van der Waals surface area contributed by atoms with Gasteiger partial charge in [0.15, 0.2) is 0 Å². The molecule has 0 radical (unpaired) electrons. The van der Waals surface area contributed by atoms with Crippen LogP contribution in [0.4, 0.5) is 0 Å². The van der Waals surface area contributed by atoms with E-state index in [0.717, 1.165) is 12.8 Å². The van der Waals surface area contributed by atoms with Crippen LogP contribution in [0.1, 0.15) is 17.4 Å². The molecule has 1 aromatic heterocycles. The molecular weight excluding hydrogens is 170 g/mol. The summed E-state index contributed by atoms with van der Waals surface area (Å²) < 4.78 is 0. The Morgan fingerprint density at radius 1 is 1.67 bits per heavy atom. The summed E-state index contributed by atoms with van der Waals surface area (Å²) in [5.74, 6) is 0. The fraction of sp³-hybridized carbons (Fsp3) is 0.500. The van der Waals surface area contributed by atoms with Gasteiger partial charge in [-0.2, -0.15) is 0 Å². The predicted molar refractivity (Wildman–Crippen MR) is 51.4 cm³/mol. The molecule has 4 heteroatoms. The fourth-order valence-corrected chi connectivity index (χ4v) is 2.07. The molecule has 0 amide bonds. The highest BCUT2D eigenvalue weighted by molar-refractivity contribution is 7.10. The summed E-state index contributed by atoms with van der Waals surface area (Å²) in [6, 6.07) is 2.14. The Morgan fingerprint density at radius 2 is 2.50 bits per heavy atom. The first-order chi connectivity index (χ1) is 5.88. The van der Waals surface area contributed by atoms with Crippen molar-refractivity contribution in [3.05, 3.63) is 32.3 Å².